The molecular weight excluding hydrogens is 234 g/mol. The van der Waals surface area contributed by atoms with Crippen molar-refractivity contribution in [3.8, 4) is 5.88 Å². The second-order valence-corrected chi connectivity index (χ2v) is 4.37. The number of piperazine rings is 1. The summed E-state index contributed by atoms with van der Waals surface area (Å²) in [6.45, 7) is 3.39. The Hall–Kier alpha value is -1.82. The molecule has 1 fully saturated rings. The van der Waals surface area contributed by atoms with E-state index >= 15 is 0 Å². The van der Waals surface area contributed by atoms with Crippen LogP contribution in [0.25, 0.3) is 0 Å². The molecular formula is C12H15N3O3. The molecule has 1 N–H and O–H groups in total. The third kappa shape index (κ3) is 1.78. The molecule has 0 unspecified atom stereocenters. The number of esters is 1. The first-order valence-corrected chi connectivity index (χ1v) is 5.99. The number of aromatic nitrogens is 1. The summed E-state index contributed by atoms with van der Waals surface area (Å²) in [6.07, 6.45) is 0. The molecule has 1 saturated heterocycles. The van der Waals surface area contributed by atoms with Gasteiger partial charge in [-0.1, -0.05) is 0 Å². The average Bonchev–Trinajstić information content (AvgIpc) is 2.45. The molecule has 1 aromatic heterocycles. The first kappa shape index (κ1) is 11.3. The van der Waals surface area contributed by atoms with Crippen LogP contribution < -0.4 is 15.0 Å². The maximum atomic E-state index is 11.4. The number of anilines is 1. The summed E-state index contributed by atoms with van der Waals surface area (Å²) in [5, 5.41) is 3.34. The monoisotopic (exact) mass is 249 g/mol. The highest BCUT2D eigenvalue weighted by Gasteiger charge is 2.31. The zero-order chi connectivity index (χ0) is 12.5. The van der Waals surface area contributed by atoms with E-state index in [9.17, 15) is 4.79 Å². The zero-order valence-electron chi connectivity index (χ0n) is 10.2. The standard InChI is InChI=1S/C12H15N3O3/c1-17-12(16)9-2-3-10-11(14-9)18-7-8-6-13-4-5-15(8)10/h2-3,8,13H,4-7H2,1H3/t8-/m1/s1. The van der Waals surface area contributed by atoms with Crippen LogP contribution in [0.5, 0.6) is 5.88 Å². The number of rotatable bonds is 1. The fraction of sp³-hybridized carbons (Fsp3) is 0.500. The number of pyridine rings is 1. The van der Waals surface area contributed by atoms with E-state index in [2.05, 4.69) is 19.9 Å². The van der Waals surface area contributed by atoms with Crippen molar-refractivity contribution in [3.05, 3.63) is 17.8 Å². The summed E-state index contributed by atoms with van der Waals surface area (Å²) in [5.74, 6) is 0.0832. The minimum atomic E-state index is -0.441. The molecule has 2 aliphatic rings. The quantitative estimate of drug-likeness (QED) is 0.709. The van der Waals surface area contributed by atoms with E-state index in [1.165, 1.54) is 7.11 Å². The van der Waals surface area contributed by atoms with Gasteiger partial charge in [0.25, 0.3) is 0 Å². The molecule has 0 aromatic carbocycles. The van der Waals surface area contributed by atoms with Gasteiger partial charge in [0.2, 0.25) is 5.88 Å². The summed E-state index contributed by atoms with van der Waals surface area (Å²) in [6, 6.07) is 3.90. The first-order valence-electron chi connectivity index (χ1n) is 5.99. The molecule has 0 saturated carbocycles. The molecule has 6 heteroatoms. The molecule has 1 atom stereocenters. The predicted molar refractivity (Wildman–Crippen MR) is 65.1 cm³/mol. The van der Waals surface area contributed by atoms with Crippen molar-refractivity contribution in [2.45, 2.75) is 6.04 Å². The SMILES string of the molecule is COC(=O)c1ccc2c(n1)OC[C@H]1CNCCN21. The van der Waals surface area contributed by atoms with Crippen LogP contribution in [0.3, 0.4) is 0 Å². The van der Waals surface area contributed by atoms with Crippen molar-refractivity contribution in [2.75, 3.05) is 38.3 Å². The topological polar surface area (TPSA) is 63.7 Å². The minimum Gasteiger partial charge on any atom is -0.474 e. The fourth-order valence-electron chi connectivity index (χ4n) is 2.38. The van der Waals surface area contributed by atoms with Crippen LogP contribution in [0.2, 0.25) is 0 Å². The molecule has 0 bridgehead atoms. The van der Waals surface area contributed by atoms with Crippen molar-refractivity contribution >= 4 is 11.7 Å². The lowest BCUT2D eigenvalue weighted by molar-refractivity contribution is 0.0592. The number of carbonyl (C=O) groups is 1. The van der Waals surface area contributed by atoms with Gasteiger partial charge in [-0.15, -0.1) is 0 Å². The Morgan fingerprint density at radius 3 is 3.33 bits per heavy atom. The molecule has 0 radical (unpaired) electrons. The van der Waals surface area contributed by atoms with Gasteiger partial charge in [0.15, 0.2) is 5.69 Å². The molecule has 0 spiro atoms. The Morgan fingerprint density at radius 1 is 1.61 bits per heavy atom. The molecule has 1 aromatic rings. The van der Waals surface area contributed by atoms with Crippen molar-refractivity contribution in [1.82, 2.24) is 10.3 Å². The van der Waals surface area contributed by atoms with Gasteiger partial charge in [0.05, 0.1) is 13.2 Å². The molecule has 96 valence electrons. The van der Waals surface area contributed by atoms with Gasteiger partial charge >= 0.3 is 5.97 Å². The number of hydrogen-bond donors (Lipinski definition) is 1. The molecule has 3 heterocycles. The Morgan fingerprint density at radius 2 is 2.50 bits per heavy atom. The van der Waals surface area contributed by atoms with Gasteiger partial charge in [-0.25, -0.2) is 9.78 Å². The smallest absolute Gasteiger partial charge is 0.356 e. The van der Waals surface area contributed by atoms with E-state index < -0.39 is 5.97 Å². The van der Waals surface area contributed by atoms with Gasteiger partial charge in [-0.05, 0) is 12.1 Å². The van der Waals surface area contributed by atoms with E-state index in [-0.39, 0.29) is 5.69 Å². The van der Waals surface area contributed by atoms with Crippen LogP contribution >= 0.6 is 0 Å². The van der Waals surface area contributed by atoms with Crippen molar-refractivity contribution in [1.29, 1.82) is 0 Å². The number of ether oxygens (including phenoxy) is 2. The van der Waals surface area contributed by atoms with Gasteiger partial charge < -0.3 is 19.7 Å². The summed E-state index contributed by atoms with van der Waals surface area (Å²) in [4.78, 5) is 17.9. The van der Waals surface area contributed by atoms with E-state index in [1.807, 2.05) is 6.07 Å². The fourth-order valence-corrected chi connectivity index (χ4v) is 2.38. The Labute approximate surface area is 105 Å². The molecule has 3 rings (SSSR count). The lowest BCUT2D eigenvalue weighted by Crippen LogP contribution is -2.55. The number of nitrogens with one attached hydrogen (secondary N) is 1. The molecule has 6 nitrogen and oxygen atoms in total. The van der Waals surface area contributed by atoms with Gasteiger partial charge in [-0.3, -0.25) is 0 Å². The summed E-state index contributed by atoms with van der Waals surface area (Å²) in [7, 11) is 1.34. The second-order valence-electron chi connectivity index (χ2n) is 4.37. The van der Waals surface area contributed by atoms with Crippen LogP contribution in [0.15, 0.2) is 12.1 Å². The highest BCUT2D eigenvalue weighted by Crippen LogP contribution is 2.32. The number of methoxy groups -OCH3 is 1. The number of nitrogens with zero attached hydrogens (tertiary/aromatic N) is 2. The van der Waals surface area contributed by atoms with Crippen molar-refractivity contribution in [2.24, 2.45) is 0 Å². The third-order valence-corrected chi connectivity index (χ3v) is 3.31. The molecule has 2 aliphatic heterocycles. The number of carbonyl (C=O) groups excluding carboxylic acids is 1. The lowest BCUT2D eigenvalue weighted by Gasteiger charge is -2.41. The highest BCUT2D eigenvalue weighted by atomic mass is 16.5. The summed E-state index contributed by atoms with van der Waals surface area (Å²) < 4.78 is 10.3. The maximum absolute atomic E-state index is 11.4. The van der Waals surface area contributed by atoms with Crippen LogP contribution in [0, 0.1) is 0 Å². The Balaban J connectivity index is 1.93. The number of hydrogen-bond acceptors (Lipinski definition) is 6. The minimum absolute atomic E-state index is 0.282. The summed E-state index contributed by atoms with van der Waals surface area (Å²) in [5.41, 5.74) is 1.24. The third-order valence-electron chi connectivity index (χ3n) is 3.31. The Bertz CT molecular complexity index is 478. The van der Waals surface area contributed by atoms with Crippen LogP contribution in [0.1, 0.15) is 10.5 Å². The second kappa shape index (κ2) is 4.45. The van der Waals surface area contributed by atoms with Crippen molar-refractivity contribution in [3.63, 3.8) is 0 Å². The maximum Gasteiger partial charge on any atom is 0.356 e. The molecule has 18 heavy (non-hydrogen) atoms. The first-order chi connectivity index (χ1) is 8.79. The van der Waals surface area contributed by atoms with Crippen LogP contribution in [-0.2, 0) is 4.74 Å². The van der Waals surface area contributed by atoms with Gasteiger partial charge in [-0.2, -0.15) is 0 Å². The normalized spacial score (nSPS) is 21.6. The van der Waals surface area contributed by atoms with Crippen LogP contribution in [-0.4, -0.2) is 50.3 Å². The van der Waals surface area contributed by atoms with E-state index in [4.69, 9.17) is 4.74 Å². The predicted octanol–water partition coefficient (Wildman–Crippen LogP) is 0.0388. The molecule has 0 aliphatic carbocycles. The van der Waals surface area contributed by atoms with Crippen molar-refractivity contribution < 1.29 is 14.3 Å². The van der Waals surface area contributed by atoms with E-state index in [1.54, 1.807) is 6.07 Å². The summed E-state index contributed by atoms with van der Waals surface area (Å²) >= 11 is 0. The van der Waals surface area contributed by atoms with E-state index in [0.717, 1.165) is 25.3 Å². The Kier molecular flexibility index (Phi) is 2.79. The average molecular weight is 249 g/mol. The van der Waals surface area contributed by atoms with Gasteiger partial charge in [0.1, 0.15) is 12.3 Å². The lowest BCUT2D eigenvalue weighted by atomic mass is 10.1. The largest absolute Gasteiger partial charge is 0.474 e. The molecule has 0 amide bonds. The highest BCUT2D eigenvalue weighted by molar-refractivity contribution is 5.88. The van der Waals surface area contributed by atoms with E-state index in [0.29, 0.717) is 18.5 Å². The van der Waals surface area contributed by atoms with Gasteiger partial charge in [0, 0.05) is 19.6 Å². The zero-order valence-corrected chi connectivity index (χ0v) is 10.2. The van der Waals surface area contributed by atoms with Crippen LogP contribution in [0.4, 0.5) is 5.69 Å². The number of fused-ring (bicyclic) bond motifs is 3.